The largest absolute Gasteiger partial charge is 0.544 e. The standard InChI is InChI=1S/C22H37NO3Si/c1-21(2,3)25-20(24)23-15-9-10-18(23)16-17-11-13-19(14-12-17)26-27(7,8)22(4,5)6/h11-14,18H,9-10,15-16H2,1-8H3/t18-/m1/s1. The lowest BCUT2D eigenvalue weighted by Gasteiger charge is -2.36. The third kappa shape index (κ3) is 5.99. The first-order chi connectivity index (χ1) is 12.3. The van der Waals surface area contributed by atoms with Gasteiger partial charge < -0.3 is 14.1 Å². The third-order valence-corrected chi connectivity index (χ3v) is 9.94. The molecule has 1 amide bonds. The number of carbonyl (C=O) groups is 1. The molecule has 0 aliphatic carbocycles. The molecule has 1 saturated heterocycles. The van der Waals surface area contributed by atoms with Crippen molar-refractivity contribution in [2.75, 3.05) is 6.54 Å². The zero-order chi connectivity index (χ0) is 20.5. The van der Waals surface area contributed by atoms with Gasteiger partial charge in [0.15, 0.2) is 0 Å². The smallest absolute Gasteiger partial charge is 0.410 e. The minimum atomic E-state index is -1.82. The van der Waals surface area contributed by atoms with Crippen molar-refractivity contribution in [3.05, 3.63) is 29.8 Å². The minimum Gasteiger partial charge on any atom is -0.544 e. The SMILES string of the molecule is CC(C)(C)OC(=O)N1CCC[C@@H]1Cc1ccc(O[Si](C)(C)C(C)(C)C)cc1. The fourth-order valence-corrected chi connectivity index (χ4v) is 4.05. The quantitative estimate of drug-likeness (QED) is 0.590. The van der Waals surface area contributed by atoms with Crippen LogP contribution in [0, 0.1) is 0 Å². The second-order valence-corrected chi connectivity index (χ2v) is 14.9. The van der Waals surface area contributed by atoms with E-state index in [2.05, 4.69) is 58.1 Å². The summed E-state index contributed by atoms with van der Waals surface area (Å²) in [5.74, 6) is 0.945. The summed E-state index contributed by atoms with van der Waals surface area (Å²) in [7, 11) is -1.82. The molecule has 0 spiro atoms. The van der Waals surface area contributed by atoms with Crippen molar-refractivity contribution in [1.82, 2.24) is 4.90 Å². The first-order valence-electron chi connectivity index (χ1n) is 10.1. The van der Waals surface area contributed by atoms with Crippen molar-refractivity contribution in [2.24, 2.45) is 0 Å². The highest BCUT2D eigenvalue weighted by molar-refractivity contribution is 6.74. The predicted molar refractivity (Wildman–Crippen MR) is 114 cm³/mol. The van der Waals surface area contributed by atoms with E-state index in [0.29, 0.717) is 0 Å². The Balaban J connectivity index is 2.00. The lowest BCUT2D eigenvalue weighted by Crippen LogP contribution is -2.43. The number of nitrogens with zero attached hydrogens (tertiary/aromatic N) is 1. The van der Waals surface area contributed by atoms with E-state index in [1.807, 2.05) is 25.7 Å². The summed E-state index contributed by atoms with van der Waals surface area (Å²) < 4.78 is 11.9. The number of amides is 1. The van der Waals surface area contributed by atoms with E-state index in [9.17, 15) is 4.79 Å². The molecule has 1 aromatic rings. The molecule has 0 saturated carbocycles. The summed E-state index contributed by atoms with van der Waals surface area (Å²) in [5, 5.41) is 0.184. The highest BCUT2D eigenvalue weighted by atomic mass is 28.4. The Labute approximate surface area is 166 Å². The zero-order valence-electron chi connectivity index (χ0n) is 18.4. The normalized spacial score (nSPS) is 18.5. The Bertz CT molecular complexity index is 641. The van der Waals surface area contributed by atoms with E-state index in [4.69, 9.17) is 9.16 Å². The van der Waals surface area contributed by atoms with E-state index in [0.717, 1.165) is 31.6 Å². The minimum absolute atomic E-state index is 0.184. The maximum atomic E-state index is 12.5. The predicted octanol–water partition coefficient (Wildman–Crippen LogP) is 6.01. The van der Waals surface area contributed by atoms with E-state index < -0.39 is 13.9 Å². The highest BCUT2D eigenvalue weighted by Gasteiger charge is 2.39. The number of benzene rings is 1. The van der Waals surface area contributed by atoms with Gasteiger partial charge in [-0.05, 0) is 75.9 Å². The van der Waals surface area contributed by atoms with Gasteiger partial charge in [-0.25, -0.2) is 4.79 Å². The topological polar surface area (TPSA) is 38.8 Å². The number of hydrogen-bond donors (Lipinski definition) is 0. The molecule has 1 aromatic carbocycles. The van der Waals surface area contributed by atoms with Gasteiger partial charge in [0.25, 0.3) is 0 Å². The van der Waals surface area contributed by atoms with Crippen molar-refractivity contribution in [3.8, 4) is 5.75 Å². The van der Waals surface area contributed by atoms with Crippen molar-refractivity contribution >= 4 is 14.4 Å². The molecule has 27 heavy (non-hydrogen) atoms. The summed E-state index contributed by atoms with van der Waals surface area (Å²) in [5.41, 5.74) is 0.783. The van der Waals surface area contributed by atoms with E-state index in [1.165, 1.54) is 5.56 Å². The Morgan fingerprint density at radius 1 is 1.11 bits per heavy atom. The molecule has 1 atom stereocenters. The van der Waals surface area contributed by atoms with Crippen molar-refractivity contribution < 1.29 is 14.0 Å². The van der Waals surface area contributed by atoms with E-state index in [1.54, 1.807) is 0 Å². The van der Waals surface area contributed by atoms with Gasteiger partial charge in [-0.1, -0.05) is 32.9 Å². The van der Waals surface area contributed by atoms with Crippen molar-refractivity contribution in [2.45, 2.75) is 90.6 Å². The van der Waals surface area contributed by atoms with Gasteiger partial charge in [0, 0.05) is 12.6 Å². The summed E-state index contributed by atoms with van der Waals surface area (Å²) >= 11 is 0. The van der Waals surface area contributed by atoms with Crippen LogP contribution in [0.1, 0.15) is 59.9 Å². The lowest BCUT2D eigenvalue weighted by molar-refractivity contribution is 0.0227. The van der Waals surface area contributed by atoms with E-state index in [-0.39, 0.29) is 17.2 Å². The maximum absolute atomic E-state index is 12.5. The van der Waals surface area contributed by atoms with Crippen LogP contribution in [0.5, 0.6) is 5.75 Å². The average molecular weight is 392 g/mol. The Kier molecular flexibility index (Phi) is 6.35. The van der Waals surface area contributed by atoms with Gasteiger partial charge in [-0.15, -0.1) is 0 Å². The molecule has 0 unspecified atom stereocenters. The first kappa shape index (κ1) is 21.8. The van der Waals surface area contributed by atoms with Gasteiger partial charge in [0.05, 0.1) is 0 Å². The lowest BCUT2D eigenvalue weighted by atomic mass is 10.0. The molecule has 0 bridgehead atoms. The molecule has 152 valence electrons. The van der Waals surface area contributed by atoms with Crippen LogP contribution in [-0.2, 0) is 11.2 Å². The maximum Gasteiger partial charge on any atom is 0.410 e. The summed E-state index contributed by atoms with van der Waals surface area (Å²) in [6, 6.07) is 8.62. The molecule has 0 N–H and O–H groups in total. The number of rotatable bonds is 4. The van der Waals surface area contributed by atoms with Gasteiger partial charge in [0.2, 0.25) is 8.32 Å². The van der Waals surface area contributed by atoms with Crippen LogP contribution in [0.3, 0.4) is 0 Å². The van der Waals surface area contributed by atoms with Crippen LogP contribution in [0.25, 0.3) is 0 Å². The number of ether oxygens (including phenoxy) is 1. The van der Waals surface area contributed by atoms with Crippen molar-refractivity contribution in [1.29, 1.82) is 0 Å². The number of hydrogen-bond acceptors (Lipinski definition) is 3. The number of carbonyl (C=O) groups excluding carboxylic acids is 1. The molecule has 1 aliphatic heterocycles. The summed E-state index contributed by atoms with van der Waals surface area (Å²) in [6.07, 6.45) is 2.74. The number of likely N-dealkylation sites (tertiary alicyclic amines) is 1. The van der Waals surface area contributed by atoms with Crippen LogP contribution < -0.4 is 4.43 Å². The van der Waals surface area contributed by atoms with Crippen LogP contribution in [0.15, 0.2) is 24.3 Å². The van der Waals surface area contributed by atoms with Gasteiger partial charge >= 0.3 is 6.09 Å². The molecule has 4 nitrogen and oxygen atoms in total. The third-order valence-electron chi connectivity index (χ3n) is 5.58. The Hall–Kier alpha value is -1.49. The van der Waals surface area contributed by atoms with Gasteiger partial charge in [-0.3, -0.25) is 0 Å². The Morgan fingerprint density at radius 3 is 2.22 bits per heavy atom. The van der Waals surface area contributed by atoms with Crippen LogP contribution >= 0.6 is 0 Å². The van der Waals surface area contributed by atoms with Crippen LogP contribution in [-0.4, -0.2) is 37.5 Å². The Morgan fingerprint density at radius 2 is 1.70 bits per heavy atom. The summed E-state index contributed by atoms with van der Waals surface area (Å²) in [6.45, 7) is 17.8. The average Bonchev–Trinajstić information content (AvgIpc) is 2.94. The molecule has 1 aliphatic rings. The highest BCUT2D eigenvalue weighted by Crippen LogP contribution is 2.37. The second kappa shape index (κ2) is 7.86. The molecular weight excluding hydrogens is 354 g/mol. The fraction of sp³-hybridized carbons (Fsp3) is 0.682. The van der Waals surface area contributed by atoms with Crippen LogP contribution in [0.2, 0.25) is 18.1 Å². The molecule has 2 rings (SSSR count). The van der Waals surface area contributed by atoms with Crippen molar-refractivity contribution in [3.63, 3.8) is 0 Å². The molecule has 0 radical (unpaired) electrons. The molecule has 5 heteroatoms. The molecule has 0 aromatic heterocycles. The van der Waals surface area contributed by atoms with E-state index >= 15 is 0 Å². The first-order valence-corrected chi connectivity index (χ1v) is 13.0. The zero-order valence-corrected chi connectivity index (χ0v) is 19.4. The molecular formula is C22H37NO3Si. The fourth-order valence-electron chi connectivity index (χ4n) is 3.02. The van der Waals surface area contributed by atoms with Gasteiger partial charge in [0.1, 0.15) is 11.4 Å². The summed E-state index contributed by atoms with van der Waals surface area (Å²) in [4.78, 5) is 14.3. The molecule has 1 fully saturated rings. The van der Waals surface area contributed by atoms with Gasteiger partial charge in [-0.2, -0.15) is 0 Å². The van der Waals surface area contributed by atoms with Crippen LogP contribution in [0.4, 0.5) is 4.79 Å². The monoisotopic (exact) mass is 391 g/mol. The second-order valence-electron chi connectivity index (χ2n) is 10.2. The molecule has 1 heterocycles.